The highest BCUT2D eigenvalue weighted by atomic mass is 35.5. The molecule has 0 spiro atoms. The monoisotopic (exact) mass is 553 g/mol. The van der Waals surface area contributed by atoms with E-state index in [0.717, 1.165) is 28.1 Å². The smallest absolute Gasteiger partial charge is 0.475 e. The van der Waals surface area contributed by atoms with Crippen LogP contribution < -0.4 is 10.5 Å². The zero-order valence-electron chi connectivity index (χ0n) is 23.0. The van der Waals surface area contributed by atoms with Gasteiger partial charge in [0.25, 0.3) is 0 Å². The van der Waals surface area contributed by atoms with Gasteiger partial charge in [-0.15, -0.1) is 0 Å². The minimum Gasteiger partial charge on any atom is -0.496 e. The van der Waals surface area contributed by atoms with Gasteiger partial charge in [0, 0.05) is 23.5 Å². The third-order valence-corrected chi connectivity index (χ3v) is 7.54. The van der Waals surface area contributed by atoms with E-state index >= 15 is 0 Å². The van der Waals surface area contributed by atoms with Crippen LogP contribution in [0.25, 0.3) is 11.0 Å². The Morgan fingerprint density at radius 2 is 1.70 bits per heavy atom. The second kappa shape index (κ2) is 10.9. The van der Waals surface area contributed by atoms with Gasteiger partial charge in [-0.1, -0.05) is 11.6 Å². The molecular weight excluding hydrogens is 517 g/mol. The SMILES string of the molecule is COc1c(C)cnc(Cn2cc(CCOP(=O)(OC(C)(C)C)OC(C)(C)C)c3c(Cl)nc(N)nc32)c1C. The van der Waals surface area contributed by atoms with E-state index in [-0.39, 0.29) is 17.7 Å². The van der Waals surface area contributed by atoms with Gasteiger partial charge in [-0.3, -0.25) is 18.6 Å². The van der Waals surface area contributed by atoms with E-state index in [0.29, 0.717) is 24.0 Å². The molecule has 0 atom stereocenters. The number of hydrogen-bond acceptors (Lipinski definition) is 9. The highest BCUT2D eigenvalue weighted by Crippen LogP contribution is 2.55. The number of anilines is 1. The molecule has 3 rings (SSSR count). The van der Waals surface area contributed by atoms with Crippen molar-refractivity contribution in [3.63, 3.8) is 0 Å². The van der Waals surface area contributed by atoms with E-state index in [2.05, 4.69) is 15.0 Å². The minimum absolute atomic E-state index is 0.0545. The molecule has 0 saturated carbocycles. The first-order valence-corrected chi connectivity index (χ1v) is 13.8. The number of phosphoric acid groups is 1. The molecule has 0 aliphatic heterocycles. The normalized spacial score (nSPS) is 12.9. The topological polar surface area (TPSA) is 124 Å². The number of nitrogens with two attached hydrogens (primary N) is 1. The molecule has 0 aliphatic rings. The first-order valence-electron chi connectivity index (χ1n) is 12.0. The highest BCUT2D eigenvalue weighted by Gasteiger charge is 2.37. The van der Waals surface area contributed by atoms with Gasteiger partial charge in [-0.05, 0) is 67.4 Å². The summed E-state index contributed by atoms with van der Waals surface area (Å²) < 4.78 is 38.1. The summed E-state index contributed by atoms with van der Waals surface area (Å²) in [6.45, 7) is 15.1. The number of ether oxygens (including phenoxy) is 1. The van der Waals surface area contributed by atoms with Gasteiger partial charge >= 0.3 is 7.82 Å². The van der Waals surface area contributed by atoms with Crippen LogP contribution in [0.3, 0.4) is 0 Å². The lowest BCUT2D eigenvalue weighted by Crippen LogP contribution is -2.25. The molecule has 0 bridgehead atoms. The van der Waals surface area contributed by atoms with Gasteiger partial charge in [0.15, 0.2) is 0 Å². The van der Waals surface area contributed by atoms with Crippen molar-refractivity contribution in [2.75, 3.05) is 19.5 Å². The van der Waals surface area contributed by atoms with Gasteiger partial charge in [0.05, 0.1) is 42.5 Å². The Hall–Kier alpha value is -2.23. The number of methoxy groups -OCH3 is 1. The molecule has 0 aromatic carbocycles. The predicted octanol–water partition coefficient (Wildman–Crippen LogP) is 6.03. The number of aryl methyl sites for hydroxylation is 1. The van der Waals surface area contributed by atoms with Crippen LogP contribution in [0.5, 0.6) is 5.75 Å². The molecule has 37 heavy (non-hydrogen) atoms. The van der Waals surface area contributed by atoms with Crippen LogP contribution in [0.15, 0.2) is 12.4 Å². The molecule has 2 N–H and O–H groups in total. The second-order valence-electron chi connectivity index (χ2n) is 10.8. The molecule has 0 fully saturated rings. The van der Waals surface area contributed by atoms with Crippen molar-refractivity contribution in [1.29, 1.82) is 0 Å². The number of aromatic nitrogens is 4. The molecule has 3 aromatic rings. The quantitative estimate of drug-likeness (QED) is 0.249. The lowest BCUT2D eigenvalue weighted by atomic mass is 10.1. The molecule has 10 nitrogen and oxygen atoms in total. The molecule has 3 aromatic heterocycles. The zero-order chi connectivity index (χ0) is 27.8. The van der Waals surface area contributed by atoms with Crippen LogP contribution in [-0.2, 0) is 31.1 Å². The van der Waals surface area contributed by atoms with Gasteiger partial charge in [-0.2, -0.15) is 4.98 Å². The van der Waals surface area contributed by atoms with E-state index in [1.54, 1.807) is 54.8 Å². The Bertz CT molecular complexity index is 1310. The highest BCUT2D eigenvalue weighted by molar-refractivity contribution is 7.48. The largest absolute Gasteiger partial charge is 0.496 e. The number of nitrogens with zero attached hydrogens (tertiary/aromatic N) is 4. The zero-order valence-corrected chi connectivity index (χ0v) is 24.7. The van der Waals surface area contributed by atoms with Crippen LogP contribution in [-0.4, -0.2) is 44.4 Å². The van der Waals surface area contributed by atoms with Crippen molar-refractivity contribution < 1.29 is 22.9 Å². The van der Waals surface area contributed by atoms with Gasteiger partial charge < -0.3 is 15.0 Å². The maximum atomic E-state index is 13.4. The summed E-state index contributed by atoms with van der Waals surface area (Å²) in [6.07, 6.45) is 4.03. The fraction of sp³-hybridized carbons (Fsp3) is 0.560. The maximum Gasteiger partial charge on any atom is 0.475 e. The standard InChI is InChI=1S/C25H37ClN5O5P/c1-15-12-28-18(16(2)20(15)33-9)14-31-13-17(19-21(26)29-23(27)30-22(19)31)10-11-34-37(32,35-24(3,4)5)36-25(6,7)8/h12-13H,10-11,14H2,1-9H3,(H2,27,29,30). The van der Waals surface area contributed by atoms with Gasteiger partial charge in [0.1, 0.15) is 16.5 Å². The summed E-state index contributed by atoms with van der Waals surface area (Å²) in [4.78, 5) is 13.2. The Morgan fingerprint density at radius 1 is 1.08 bits per heavy atom. The summed E-state index contributed by atoms with van der Waals surface area (Å²) in [7, 11) is -2.22. The Morgan fingerprint density at radius 3 is 2.27 bits per heavy atom. The summed E-state index contributed by atoms with van der Waals surface area (Å²) in [5, 5.41) is 0.863. The number of phosphoric ester groups is 1. The first-order chi connectivity index (χ1) is 17.0. The molecule has 12 heteroatoms. The summed E-state index contributed by atoms with van der Waals surface area (Å²) in [6, 6.07) is 0. The number of fused-ring (bicyclic) bond motifs is 1. The van der Waals surface area contributed by atoms with Crippen molar-refractivity contribution in [3.8, 4) is 5.75 Å². The van der Waals surface area contributed by atoms with E-state index in [1.165, 1.54) is 0 Å². The number of hydrogen-bond donors (Lipinski definition) is 1. The fourth-order valence-corrected chi connectivity index (χ4v) is 6.04. The molecule has 0 aliphatic carbocycles. The number of halogens is 1. The lowest BCUT2D eigenvalue weighted by molar-refractivity contribution is 0.00378. The predicted molar refractivity (Wildman–Crippen MR) is 145 cm³/mol. The van der Waals surface area contributed by atoms with Crippen molar-refractivity contribution >= 4 is 36.4 Å². The second-order valence-corrected chi connectivity index (χ2v) is 12.7. The van der Waals surface area contributed by atoms with E-state index < -0.39 is 19.0 Å². The van der Waals surface area contributed by atoms with E-state index in [9.17, 15) is 4.57 Å². The number of nitrogen functional groups attached to an aromatic ring is 1. The molecular formula is C25H37ClN5O5P. The van der Waals surface area contributed by atoms with Crippen molar-refractivity contribution in [3.05, 3.63) is 39.9 Å². The molecule has 0 unspecified atom stereocenters. The van der Waals surface area contributed by atoms with Crippen LogP contribution >= 0.6 is 19.4 Å². The molecule has 0 saturated heterocycles. The average molecular weight is 554 g/mol. The summed E-state index contributed by atoms with van der Waals surface area (Å²) >= 11 is 6.50. The number of pyridine rings is 1. The minimum atomic E-state index is -3.86. The van der Waals surface area contributed by atoms with Gasteiger partial charge in [-0.25, -0.2) is 9.55 Å². The van der Waals surface area contributed by atoms with Crippen molar-refractivity contribution in [2.45, 2.75) is 79.6 Å². The molecule has 204 valence electrons. The lowest BCUT2D eigenvalue weighted by Gasteiger charge is -2.30. The fourth-order valence-electron chi connectivity index (χ4n) is 3.95. The van der Waals surface area contributed by atoms with Gasteiger partial charge in [0.2, 0.25) is 5.95 Å². The van der Waals surface area contributed by atoms with Crippen molar-refractivity contribution in [2.24, 2.45) is 0 Å². The van der Waals surface area contributed by atoms with Crippen LogP contribution in [0.4, 0.5) is 5.95 Å². The molecule has 0 radical (unpaired) electrons. The van der Waals surface area contributed by atoms with Crippen LogP contribution in [0.1, 0.15) is 63.9 Å². The summed E-state index contributed by atoms with van der Waals surface area (Å²) in [5.41, 5.74) is 8.52. The third kappa shape index (κ3) is 7.42. The Balaban J connectivity index is 1.94. The van der Waals surface area contributed by atoms with Crippen LogP contribution in [0, 0.1) is 13.8 Å². The maximum absolute atomic E-state index is 13.4. The average Bonchev–Trinajstić information content (AvgIpc) is 3.05. The molecule has 0 amide bonds. The Labute approximate surface area is 223 Å². The van der Waals surface area contributed by atoms with Crippen molar-refractivity contribution in [1.82, 2.24) is 19.5 Å². The van der Waals surface area contributed by atoms with E-state index in [4.69, 9.17) is 35.6 Å². The summed E-state index contributed by atoms with van der Waals surface area (Å²) in [5.74, 6) is 0.850. The van der Waals surface area contributed by atoms with E-state index in [1.807, 2.05) is 24.6 Å². The molecule has 3 heterocycles. The first kappa shape index (κ1) is 29.3. The third-order valence-electron chi connectivity index (χ3n) is 5.23. The Kier molecular flexibility index (Phi) is 8.61. The number of rotatable bonds is 9. The van der Waals surface area contributed by atoms with Crippen LogP contribution in [0.2, 0.25) is 5.15 Å².